The van der Waals surface area contributed by atoms with Crippen molar-refractivity contribution in [1.82, 2.24) is 20.0 Å². The van der Waals surface area contributed by atoms with Gasteiger partial charge in [-0.25, -0.2) is 0 Å². The van der Waals surface area contributed by atoms with Crippen molar-refractivity contribution in [3.8, 4) is 22.8 Å². The summed E-state index contributed by atoms with van der Waals surface area (Å²) in [7, 11) is 5.11. The van der Waals surface area contributed by atoms with Crippen LogP contribution in [0.2, 0.25) is 0 Å². The second kappa shape index (κ2) is 15.0. The first-order chi connectivity index (χ1) is 17.7. The van der Waals surface area contributed by atoms with E-state index in [1.165, 1.54) is 0 Å². The Labute approximate surface area is 223 Å². The lowest BCUT2D eigenvalue weighted by molar-refractivity contribution is -0.130. The molecule has 0 bridgehead atoms. The van der Waals surface area contributed by atoms with Gasteiger partial charge >= 0.3 is 0 Å². The molecule has 2 rings (SSSR count). The van der Waals surface area contributed by atoms with Crippen LogP contribution in [0.1, 0.15) is 78.6 Å². The Bertz CT molecular complexity index is 949. The van der Waals surface area contributed by atoms with Crippen molar-refractivity contribution in [3.63, 3.8) is 0 Å². The van der Waals surface area contributed by atoms with E-state index in [9.17, 15) is 9.90 Å². The summed E-state index contributed by atoms with van der Waals surface area (Å²) in [4.78, 5) is 14.5. The largest absolute Gasteiger partial charge is 0.496 e. The van der Waals surface area contributed by atoms with Crippen LogP contribution in [0.5, 0.6) is 11.5 Å². The second-order valence-electron chi connectivity index (χ2n) is 10.3. The maximum Gasteiger partial charge on any atom is 0.223 e. The number of hydrogen-bond acceptors (Lipinski definition) is 6. The second-order valence-corrected chi connectivity index (χ2v) is 10.3. The van der Waals surface area contributed by atoms with Crippen LogP contribution in [0.3, 0.4) is 0 Å². The molecule has 0 aliphatic rings. The van der Waals surface area contributed by atoms with Gasteiger partial charge in [-0.05, 0) is 42.9 Å². The number of carbonyl (C=O) groups is 1. The Morgan fingerprint density at radius 1 is 1.14 bits per heavy atom. The lowest BCUT2D eigenvalue weighted by atomic mass is 10.00. The highest BCUT2D eigenvalue weighted by Crippen LogP contribution is 2.39. The minimum Gasteiger partial charge on any atom is -0.496 e. The topological polar surface area (TPSA) is 88.9 Å². The van der Waals surface area contributed by atoms with E-state index in [-0.39, 0.29) is 11.9 Å². The molecule has 8 nitrogen and oxygen atoms in total. The van der Waals surface area contributed by atoms with Gasteiger partial charge in [0.05, 0.1) is 25.5 Å². The number of benzene rings is 1. The van der Waals surface area contributed by atoms with Gasteiger partial charge < -0.3 is 19.5 Å². The van der Waals surface area contributed by atoms with Crippen molar-refractivity contribution in [2.45, 2.75) is 85.5 Å². The molecular formula is C29H48N4O4. The van der Waals surface area contributed by atoms with E-state index in [4.69, 9.17) is 14.6 Å². The number of aliphatic hydroxyl groups is 1. The highest BCUT2D eigenvalue weighted by molar-refractivity contribution is 5.76. The zero-order valence-electron chi connectivity index (χ0n) is 24.1. The number of hydrogen-bond donors (Lipinski definition) is 2. The highest BCUT2D eigenvalue weighted by Gasteiger charge is 2.26. The maximum absolute atomic E-state index is 12.8. The molecule has 1 amide bonds. The van der Waals surface area contributed by atoms with E-state index in [1.54, 1.807) is 19.1 Å². The molecule has 0 fully saturated rings. The molecule has 0 saturated carbocycles. The molecule has 2 aromatic rings. The number of carbonyl (C=O) groups excluding carboxylic acids is 1. The van der Waals surface area contributed by atoms with E-state index in [1.807, 2.05) is 36.0 Å². The summed E-state index contributed by atoms with van der Waals surface area (Å²) in [6.45, 7) is 12.1. The van der Waals surface area contributed by atoms with Crippen LogP contribution in [0.25, 0.3) is 11.3 Å². The fourth-order valence-electron chi connectivity index (χ4n) is 4.72. The van der Waals surface area contributed by atoms with E-state index in [0.717, 1.165) is 43.5 Å². The van der Waals surface area contributed by atoms with Gasteiger partial charge in [-0.2, -0.15) is 5.10 Å². The molecule has 208 valence electrons. The summed E-state index contributed by atoms with van der Waals surface area (Å²) < 4.78 is 13.3. The number of methoxy groups -OCH3 is 2. The molecule has 8 heteroatoms. The van der Waals surface area contributed by atoms with Crippen LogP contribution < -0.4 is 14.8 Å². The summed E-state index contributed by atoms with van der Waals surface area (Å²) in [5.74, 6) is 2.25. The number of rotatable bonds is 16. The zero-order valence-corrected chi connectivity index (χ0v) is 24.1. The standard InChI is InChI=1S/C29H48N4O4/c1-9-15-32(6)27(34)17-22(16-20(4)5)30-29(35)23-18-24(33(31-23)19-21(10-2)11-3)28-25(36-7)13-12-14-26(28)37-8/h12-14,18,20-22,29-30,35H,9-11,15-17,19H2,1-8H3/t22-,29?/m0/s1. The maximum atomic E-state index is 12.8. The van der Waals surface area contributed by atoms with Gasteiger partial charge in [0.2, 0.25) is 5.91 Å². The first-order valence-electron chi connectivity index (χ1n) is 13.7. The molecule has 1 unspecified atom stereocenters. The molecule has 37 heavy (non-hydrogen) atoms. The molecule has 1 heterocycles. The quantitative estimate of drug-likeness (QED) is 0.296. The van der Waals surface area contributed by atoms with E-state index >= 15 is 0 Å². The van der Waals surface area contributed by atoms with Crippen LogP contribution in [-0.4, -0.2) is 59.5 Å². The van der Waals surface area contributed by atoms with Gasteiger partial charge in [0.1, 0.15) is 23.4 Å². The smallest absolute Gasteiger partial charge is 0.223 e. The molecule has 1 aromatic heterocycles. The number of nitrogens with one attached hydrogen (secondary N) is 1. The van der Waals surface area contributed by atoms with Crippen LogP contribution in [0, 0.1) is 11.8 Å². The monoisotopic (exact) mass is 516 g/mol. The minimum atomic E-state index is -1.02. The van der Waals surface area contributed by atoms with Gasteiger partial charge in [-0.15, -0.1) is 0 Å². The fraction of sp³-hybridized carbons (Fsp3) is 0.655. The highest BCUT2D eigenvalue weighted by atomic mass is 16.5. The molecule has 2 atom stereocenters. The third-order valence-corrected chi connectivity index (χ3v) is 6.90. The first-order valence-corrected chi connectivity index (χ1v) is 13.7. The van der Waals surface area contributed by atoms with Crippen molar-refractivity contribution in [2.24, 2.45) is 11.8 Å². The Morgan fingerprint density at radius 3 is 2.27 bits per heavy atom. The number of amides is 1. The predicted octanol–water partition coefficient (Wildman–Crippen LogP) is 5.26. The summed E-state index contributed by atoms with van der Waals surface area (Å²) >= 11 is 0. The Balaban J connectivity index is 2.44. The van der Waals surface area contributed by atoms with Gasteiger partial charge in [0.25, 0.3) is 0 Å². The minimum absolute atomic E-state index is 0.0749. The van der Waals surface area contributed by atoms with Crippen LogP contribution in [0.4, 0.5) is 0 Å². The Hall–Kier alpha value is -2.58. The predicted molar refractivity (Wildman–Crippen MR) is 149 cm³/mol. The van der Waals surface area contributed by atoms with E-state index in [2.05, 4.69) is 39.9 Å². The molecular weight excluding hydrogens is 468 g/mol. The molecule has 1 aromatic carbocycles. The summed E-state index contributed by atoms with van der Waals surface area (Å²) in [5, 5.41) is 19.4. The molecule has 0 aliphatic heterocycles. The average molecular weight is 517 g/mol. The lowest BCUT2D eigenvalue weighted by Crippen LogP contribution is -2.39. The third-order valence-electron chi connectivity index (χ3n) is 6.90. The number of aliphatic hydroxyl groups excluding tert-OH is 1. The van der Waals surface area contributed by atoms with E-state index in [0.29, 0.717) is 42.0 Å². The van der Waals surface area contributed by atoms with Crippen molar-refractivity contribution in [3.05, 3.63) is 30.0 Å². The van der Waals surface area contributed by atoms with Gasteiger partial charge in [-0.1, -0.05) is 53.5 Å². The van der Waals surface area contributed by atoms with E-state index < -0.39 is 6.23 Å². The molecule has 2 N–H and O–H groups in total. The van der Waals surface area contributed by atoms with Crippen molar-refractivity contribution in [2.75, 3.05) is 27.8 Å². The summed E-state index contributed by atoms with van der Waals surface area (Å²) in [5.41, 5.74) is 2.15. The SMILES string of the molecule is CCCN(C)C(=O)C[C@H](CC(C)C)NC(O)c1cc(-c2c(OC)cccc2OC)n(CC(CC)CC)n1. The number of nitrogens with zero attached hydrogens (tertiary/aromatic N) is 3. The lowest BCUT2D eigenvalue weighted by Gasteiger charge is -2.25. The van der Waals surface area contributed by atoms with Crippen molar-refractivity contribution < 1.29 is 19.4 Å². The molecule has 0 spiro atoms. The zero-order chi connectivity index (χ0) is 27.5. The molecule has 0 radical (unpaired) electrons. The summed E-state index contributed by atoms with van der Waals surface area (Å²) in [6, 6.07) is 7.42. The van der Waals surface area contributed by atoms with Crippen molar-refractivity contribution >= 4 is 5.91 Å². The van der Waals surface area contributed by atoms with Crippen LogP contribution in [-0.2, 0) is 11.3 Å². The average Bonchev–Trinajstić information content (AvgIpc) is 3.29. The van der Waals surface area contributed by atoms with Crippen LogP contribution >= 0.6 is 0 Å². The van der Waals surface area contributed by atoms with Crippen LogP contribution in [0.15, 0.2) is 24.3 Å². The normalized spacial score (nSPS) is 13.2. The Kier molecular flexibility index (Phi) is 12.4. The number of aromatic nitrogens is 2. The molecule has 0 saturated heterocycles. The van der Waals surface area contributed by atoms with Gasteiger partial charge in [-0.3, -0.25) is 14.8 Å². The first kappa shape index (κ1) is 30.6. The third kappa shape index (κ3) is 8.47. The fourth-order valence-corrected chi connectivity index (χ4v) is 4.72. The summed E-state index contributed by atoms with van der Waals surface area (Å²) in [6.07, 6.45) is 3.04. The molecule has 0 aliphatic carbocycles. The van der Waals surface area contributed by atoms with Gasteiger partial charge in [0.15, 0.2) is 0 Å². The van der Waals surface area contributed by atoms with Gasteiger partial charge in [0, 0.05) is 32.6 Å². The van der Waals surface area contributed by atoms with Crippen molar-refractivity contribution in [1.29, 1.82) is 0 Å². The number of ether oxygens (including phenoxy) is 2. The Morgan fingerprint density at radius 2 is 1.76 bits per heavy atom.